The van der Waals surface area contributed by atoms with Crippen LogP contribution in [-0.2, 0) is 4.74 Å². The van der Waals surface area contributed by atoms with Crippen molar-refractivity contribution in [2.75, 3.05) is 19.1 Å². The van der Waals surface area contributed by atoms with Crippen molar-refractivity contribution in [3.05, 3.63) is 64.2 Å². The van der Waals surface area contributed by atoms with Gasteiger partial charge < -0.3 is 9.64 Å². The summed E-state index contributed by atoms with van der Waals surface area (Å²) in [5.41, 5.74) is 1.21. The monoisotopic (exact) mass is 286 g/mol. The molecular weight excluding hydrogens is 272 g/mol. The van der Waals surface area contributed by atoms with Gasteiger partial charge in [0.25, 0.3) is 5.69 Å². The first kappa shape index (κ1) is 14.5. The summed E-state index contributed by atoms with van der Waals surface area (Å²) >= 11 is 0. The maximum Gasteiger partial charge on any atom is 0.338 e. The standard InChI is InChI=1S/C15H14N2O4/c1-16(12-6-4-3-5-7-12)13-9-8-11(15(18)21-2)10-14(13)17(19)20/h3-10H,1-2H3. The van der Waals surface area contributed by atoms with Gasteiger partial charge in [-0.1, -0.05) is 18.2 Å². The lowest BCUT2D eigenvalue weighted by atomic mass is 10.1. The van der Waals surface area contributed by atoms with E-state index in [0.717, 1.165) is 5.69 Å². The second kappa shape index (κ2) is 6.04. The summed E-state index contributed by atoms with van der Waals surface area (Å²) in [6.07, 6.45) is 0. The number of nitro benzene ring substituents is 1. The molecular formula is C15H14N2O4. The van der Waals surface area contributed by atoms with Crippen molar-refractivity contribution < 1.29 is 14.5 Å². The van der Waals surface area contributed by atoms with E-state index >= 15 is 0 Å². The molecule has 0 unspecified atom stereocenters. The number of hydrogen-bond acceptors (Lipinski definition) is 5. The van der Waals surface area contributed by atoms with Crippen molar-refractivity contribution in [3.8, 4) is 0 Å². The number of methoxy groups -OCH3 is 1. The van der Waals surface area contributed by atoms with E-state index in [-0.39, 0.29) is 11.3 Å². The molecule has 0 aliphatic rings. The SMILES string of the molecule is COC(=O)c1ccc(N(C)c2ccccc2)c([N+](=O)[O-])c1. The Bertz CT molecular complexity index is 671. The molecule has 6 heteroatoms. The van der Waals surface area contributed by atoms with Crippen LogP contribution in [0.5, 0.6) is 0 Å². The molecule has 0 amide bonds. The predicted molar refractivity (Wildman–Crippen MR) is 78.9 cm³/mol. The van der Waals surface area contributed by atoms with Crippen LogP contribution in [0.1, 0.15) is 10.4 Å². The van der Waals surface area contributed by atoms with Crippen molar-refractivity contribution in [3.63, 3.8) is 0 Å². The molecule has 0 fully saturated rings. The summed E-state index contributed by atoms with van der Waals surface area (Å²) in [6.45, 7) is 0. The van der Waals surface area contributed by atoms with Crippen LogP contribution in [0.25, 0.3) is 0 Å². The molecule has 0 N–H and O–H groups in total. The van der Waals surface area contributed by atoms with E-state index < -0.39 is 10.9 Å². The fourth-order valence-corrected chi connectivity index (χ4v) is 1.99. The van der Waals surface area contributed by atoms with E-state index in [0.29, 0.717) is 5.69 Å². The number of anilines is 2. The largest absolute Gasteiger partial charge is 0.465 e. The van der Waals surface area contributed by atoms with Crippen LogP contribution < -0.4 is 4.90 Å². The average Bonchev–Trinajstić information content (AvgIpc) is 2.53. The van der Waals surface area contributed by atoms with Gasteiger partial charge in [0.15, 0.2) is 0 Å². The molecule has 0 aliphatic carbocycles. The zero-order valence-corrected chi connectivity index (χ0v) is 11.6. The van der Waals surface area contributed by atoms with E-state index in [1.807, 2.05) is 30.3 Å². The highest BCUT2D eigenvalue weighted by molar-refractivity contribution is 5.91. The third-order valence-electron chi connectivity index (χ3n) is 3.10. The van der Waals surface area contributed by atoms with E-state index in [1.165, 1.54) is 25.3 Å². The van der Waals surface area contributed by atoms with Gasteiger partial charge in [0.05, 0.1) is 17.6 Å². The molecule has 0 saturated carbocycles. The molecule has 21 heavy (non-hydrogen) atoms. The molecule has 0 atom stereocenters. The summed E-state index contributed by atoms with van der Waals surface area (Å²) in [7, 11) is 2.97. The third-order valence-corrected chi connectivity index (χ3v) is 3.10. The summed E-state index contributed by atoms with van der Waals surface area (Å²) in [5.74, 6) is -0.605. The van der Waals surface area contributed by atoms with Crippen molar-refractivity contribution >= 4 is 23.0 Å². The van der Waals surface area contributed by atoms with Gasteiger partial charge in [-0.2, -0.15) is 0 Å². The van der Waals surface area contributed by atoms with Crippen molar-refractivity contribution in [1.29, 1.82) is 0 Å². The summed E-state index contributed by atoms with van der Waals surface area (Å²) in [6, 6.07) is 13.5. The number of carbonyl (C=O) groups is 1. The minimum atomic E-state index is -0.605. The number of ether oxygens (including phenoxy) is 1. The molecule has 0 aromatic heterocycles. The Balaban J connectivity index is 2.48. The Hall–Kier alpha value is -2.89. The molecule has 2 rings (SSSR count). The minimum Gasteiger partial charge on any atom is -0.465 e. The van der Waals surface area contributed by atoms with Crippen LogP contribution in [0.15, 0.2) is 48.5 Å². The van der Waals surface area contributed by atoms with E-state index in [4.69, 9.17) is 0 Å². The van der Waals surface area contributed by atoms with Gasteiger partial charge in [-0.15, -0.1) is 0 Å². The Morgan fingerprint density at radius 2 is 1.86 bits per heavy atom. The fourth-order valence-electron chi connectivity index (χ4n) is 1.99. The first-order chi connectivity index (χ1) is 10.0. The Morgan fingerprint density at radius 1 is 1.19 bits per heavy atom. The number of carbonyl (C=O) groups excluding carboxylic acids is 1. The first-order valence-corrected chi connectivity index (χ1v) is 6.20. The van der Waals surface area contributed by atoms with E-state index in [1.54, 1.807) is 11.9 Å². The second-order valence-corrected chi connectivity index (χ2v) is 4.35. The lowest BCUT2D eigenvalue weighted by Gasteiger charge is -2.19. The summed E-state index contributed by atoms with van der Waals surface area (Å²) < 4.78 is 4.58. The lowest BCUT2D eigenvalue weighted by molar-refractivity contribution is -0.384. The maximum absolute atomic E-state index is 11.5. The molecule has 2 aromatic rings. The molecule has 2 aromatic carbocycles. The molecule has 108 valence electrons. The van der Waals surface area contributed by atoms with E-state index in [9.17, 15) is 14.9 Å². The van der Waals surface area contributed by atoms with Crippen LogP contribution in [0.3, 0.4) is 0 Å². The highest BCUT2D eigenvalue weighted by atomic mass is 16.6. The number of nitro groups is 1. The van der Waals surface area contributed by atoms with Crippen molar-refractivity contribution in [2.45, 2.75) is 0 Å². The average molecular weight is 286 g/mol. The topological polar surface area (TPSA) is 72.7 Å². The van der Waals surface area contributed by atoms with Gasteiger partial charge in [0.2, 0.25) is 0 Å². The zero-order chi connectivity index (χ0) is 15.4. The summed E-state index contributed by atoms with van der Waals surface area (Å²) in [4.78, 5) is 23.9. The smallest absolute Gasteiger partial charge is 0.338 e. The normalized spacial score (nSPS) is 10.0. The molecule has 0 saturated heterocycles. The fraction of sp³-hybridized carbons (Fsp3) is 0.133. The third kappa shape index (κ3) is 3.00. The number of nitrogens with zero attached hydrogens (tertiary/aromatic N) is 2. The quantitative estimate of drug-likeness (QED) is 0.490. The van der Waals surface area contributed by atoms with Crippen molar-refractivity contribution in [2.24, 2.45) is 0 Å². The molecule has 0 radical (unpaired) electrons. The molecule has 0 aliphatic heterocycles. The van der Waals surface area contributed by atoms with Gasteiger partial charge in [0.1, 0.15) is 5.69 Å². The van der Waals surface area contributed by atoms with Gasteiger partial charge in [-0.3, -0.25) is 10.1 Å². The van der Waals surface area contributed by atoms with Gasteiger partial charge in [-0.25, -0.2) is 4.79 Å². The van der Waals surface area contributed by atoms with Crippen LogP contribution in [0.4, 0.5) is 17.1 Å². The minimum absolute atomic E-state index is 0.148. The Morgan fingerprint density at radius 3 is 2.43 bits per heavy atom. The highest BCUT2D eigenvalue weighted by Crippen LogP contribution is 2.33. The number of benzene rings is 2. The maximum atomic E-state index is 11.5. The van der Waals surface area contributed by atoms with Crippen LogP contribution in [-0.4, -0.2) is 25.1 Å². The molecule has 0 spiro atoms. The number of esters is 1. The van der Waals surface area contributed by atoms with Gasteiger partial charge >= 0.3 is 5.97 Å². The van der Waals surface area contributed by atoms with Crippen LogP contribution >= 0.6 is 0 Å². The molecule has 0 bridgehead atoms. The van der Waals surface area contributed by atoms with Crippen molar-refractivity contribution in [1.82, 2.24) is 0 Å². The second-order valence-electron chi connectivity index (χ2n) is 4.35. The van der Waals surface area contributed by atoms with Gasteiger partial charge in [0, 0.05) is 18.8 Å². The first-order valence-electron chi connectivity index (χ1n) is 6.20. The lowest BCUT2D eigenvalue weighted by Crippen LogP contribution is -2.12. The predicted octanol–water partition coefficient (Wildman–Crippen LogP) is 3.15. The molecule has 0 heterocycles. The van der Waals surface area contributed by atoms with Crippen LogP contribution in [0.2, 0.25) is 0 Å². The van der Waals surface area contributed by atoms with E-state index in [2.05, 4.69) is 4.74 Å². The molecule has 6 nitrogen and oxygen atoms in total. The van der Waals surface area contributed by atoms with Gasteiger partial charge in [-0.05, 0) is 24.3 Å². The number of rotatable bonds is 4. The number of hydrogen-bond donors (Lipinski definition) is 0. The Kier molecular flexibility index (Phi) is 4.18. The Labute approximate surface area is 121 Å². The number of para-hydroxylation sites is 1. The van der Waals surface area contributed by atoms with Crippen LogP contribution in [0, 0.1) is 10.1 Å². The summed E-state index contributed by atoms with van der Waals surface area (Å²) in [5, 5.41) is 11.2. The highest BCUT2D eigenvalue weighted by Gasteiger charge is 2.21. The zero-order valence-electron chi connectivity index (χ0n) is 11.6.